The molecular weight excluding hydrogens is 196 g/mol. The second-order valence-corrected chi connectivity index (χ2v) is 4.02. The maximum absolute atomic E-state index is 10.4. The van der Waals surface area contributed by atoms with Crippen LogP contribution in [0.4, 0.5) is 0 Å². The van der Waals surface area contributed by atoms with Crippen LogP contribution in [-0.2, 0) is 5.60 Å². The molecule has 0 bridgehead atoms. The van der Waals surface area contributed by atoms with Crippen LogP contribution in [0.2, 0.25) is 5.02 Å². The van der Waals surface area contributed by atoms with Crippen molar-refractivity contribution in [2.75, 3.05) is 0 Å². The third-order valence-electron chi connectivity index (χ3n) is 2.62. The first-order chi connectivity index (χ1) is 6.64. The monoisotopic (exact) mass is 212 g/mol. The summed E-state index contributed by atoms with van der Waals surface area (Å²) in [6.07, 6.45) is 2.41. The molecule has 0 aromatic heterocycles. The van der Waals surface area contributed by atoms with E-state index in [0.717, 1.165) is 18.4 Å². The van der Waals surface area contributed by atoms with Crippen LogP contribution in [0.3, 0.4) is 0 Å². The molecule has 0 aliphatic heterocycles. The summed E-state index contributed by atoms with van der Waals surface area (Å²) < 4.78 is 0. The molecule has 0 radical (unpaired) electrons. The van der Waals surface area contributed by atoms with E-state index in [1.165, 1.54) is 0 Å². The number of halogens is 1. The molecule has 0 fully saturated rings. The normalized spacial score (nSPS) is 15.1. The van der Waals surface area contributed by atoms with E-state index in [1.807, 2.05) is 31.2 Å². The van der Waals surface area contributed by atoms with Gasteiger partial charge in [-0.15, -0.1) is 0 Å². The van der Waals surface area contributed by atoms with Gasteiger partial charge in [-0.05, 0) is 18.9 Å². The first kappa shape index (κ1) is 11.5. The summed E-state index contributed by atoms with van der Waals surface area (Å²) in [5.74, 6) is 0. The molecule has 0 aliphatic rings. The molecule has 1 aromatic rings. The Labute approximate surface area is 90.7 Å². The first-order valence-corrected chi connectivity index (χ1v) is 5.49. The fraction of sp³-hybridized carbons (Fsp3) is 0.500. The predicted octanol–water partition coefficient (Wildman–Crippen LogP) is 3.74. The molecule has 1 N–H and O–H groups in total. The van der Waals surface area contributed by atoms with Crippen molar-refractivity contribution >= 4 is 11.6 Å². The SMILES string of the molecule is CCCC(O)(CC)c1ccccc1Cl. The average molecular weight is 213 g/mol. The highest BCUT2D eigenvalue weighted by Gasteiger charge is 2.27. The molecular formula is C12H17ClO. The zero-order valence-corrected chi connectivity index (χ0v) is 9.51. The molecule has 0 spiro atoms. The lowest BCUT2D eigenvalue weighted by Crippen LogP contribution is -2.24. The van der Waals surface area contributed by atoms with Crippen LogP contribution in [0, 0.1) is 0 Å². The van der Waals surface area contributed by atoms with E-state index in [9.17, 15) is 5.11 Å². The van der Waals surface area contributed by atoms with E-state index >= 15 is 0 Å². The van der Waals surface area contributed by atoms with Crippen molar-refractivity contribution in [2.45, 2.75) is 38.7 Å². The Bertz CT molecular complexity index is 298. The third kappa shape index (κ3) is 2.28. The Morgan fingerprint density at radius 1 is 1.29 bits per heavy atom. The number of rotatable bonds is 4. The summed E-state index contributed by atoms with van der Waals surface area (Å²) in [5, 5.41) is 11.0. The van der Waals surface area contributed by atoms with Crippen molar-refractivity contribution in [2.24, 2.45) is 0 Å². The van der Waals surface area contributed by atoms with E-state index in [1.54, 1.807) is 0 Å². The fourth-order valence-electron chi connectivity index (χ4n) is 1.75. The van der Waals surface area contributed by atoms with Crippen LogP contribution in [0.5, 0.6) is 0 Å². The minimum Gasteiger partial charge on any atom is -0.385 e. The summed E-state index contributed by atoms with van der Waals surface area (Å²) >= 11 is 6.06. The third-order valence-corrected chi connectivity index (χ3v) is 2.95. The minimum atomic E-state index is -0.757. The van der Waals surface area contributed by atoms with Crippen molar-refractivity contribution in [3.63, 3.8) is 0 Å². The molecule has 14 heavy (non-hydrogen) atoms. The Hall–Kier alpha value is -0.530. The smallest absolute Gasteiger partial charge is 0.0908 e. The lowest BCUT2D eigenvalue weighted by Gasteiger charge is -2.27. The molecule has 0 saturated carbocycles. The number of hydrogen-bond acceptors (Lipinski definition) is 1. The van der Waals surface area contributed by atoms with Crippen LogP contribution >= 0.6 is 11.6 Å². The van der Waals surface area contributed by atoms with Crippen LogP contribution < -0.4 is 0 Å². The Morgan fingerprint density at radius 3 is 2.43 bits per heavy atom. The summed E-state index contributed by atoms with van der Waals surface area (Å²) in [5.41, 5.74) is 0.0959. The first-order valence-electron chi connectivity index (χ1n) is 5.11. The van der Waals surface area contributed by atoms with Crippen LogP contribution in [0.25, 0.3) is 0 Å². The molecule has 0 saturated heterocycles. The Kier molecular flexibility index (Phi) is 3.97. The van der Waals surface area contributed by atoms with E-state index in [0.29, 0.717) is 11.4 Å². The average Bonchev–Trinajstić information content (AvgIpc) is 2.18. The lowest BCUT2D eigenvalue weighted by atomic mass is 9.87. The second kappa shape index (κ2) is 4.81. The van der Waals surface area contributed by atoms with Gasteiger partial charge in [-0.1, -0.05) is 50.1 Å². The van der Waals surface area contributed by atoms with Gasteiger partial charge in [0.25, 0.3) is 0 Å². The molecule has 1 rings (SSSR count). The predicted molar refractivity (Wildman–Crippen MR) is 60.5 cm³/mol. The van der Waals surface area contributed by atoms with E-state index in [-0.39, 0.29) is 0 Å². The maximum Gasteiger partial charge on any atom is 0.0908 e. The quantitative estimate of drug-likeness (QED) is 0.806. The number of benzene rings is 1. The zero-order chi connectivity index (χ0) is 10.6. The minimum absolute atomic E-state index is 0.658. The maximum atomic E-state index is 10.4. The molecule has 0 heterocycles. The van der Waals surface area contributed by atoms with Gasteiger partial charge >= 0.3 is 0 Å². The summed E-state index contributed by atoms with van der Waals surface area (Å²) in [4.78, 5) is 0. The Morgan fingerprint density at radius 2 is 1.93 bits per heavy atom. The van der Waals surface area contributed by atoms with Crippen molar-refractivity contribution in [1.29, 1.82) is 0 Å². The fourth-order valence-corrected chi connectivity index (χ4v) is 2.07. The van der Waals surface area contributed by atoms with Crippen LogP contribution in [0.1, 0.15) is 38.7 Å². The summed E-state index contributed by atoms with van der Waals surface area (Å²) in [6.45, 7) is 4.05. The van der Waals surface area contributed by atoms with E-state index in [2.05, 4.69) is 6.92 Å². The van der Waals surface area contributed by atoms with Gasteiger partial charge < -0.3 is 5.11 Å². The lowest BCUT2D eigenvalue weighted by molar-refractivity contribution is 0.0227. The van der Waals surface area contributed by atoms with Crippen molar-refractivity contribution in [3.8, 4) is 0 Å². The largest absolute Gasteiger partial charge is 0.385 e. The van der Waals surface area contributed by atoms with Gasteiger partial charge in [0.1, 0.15) is 0 Å². The highest BCUT2D eigenvalue weighted by atomic mass is 35.5. The molecule has 1 unspecified atom stereocenters. The summed E-state index contributed by atoms with van der Waals surface area (Å²) in [7, 11) is 0. The van der Waals surface area contributed by atoms with Gasteiger partial charge in [0.2, 0.25) is 0 Å². The molecule has 78 valence electrons. The van der Waals surface area contributed by atoms with Crippen molar-refractivity contribution in [3.05, 3.63) is 34.9 Å². The van der Waals surface area contributed by atoms with Crippen molar-refractivity contribution in [1.82, 2.24) is 0 Å². The number of hydrogen-bond donors (Lipinski definition) is 1. The topological polar surface area (TPSA) is 20.2 Å². The molecule has 2 heteroatoms. The van der Waals surface area contributed by atoms with Gasteiger partial charge in [-0.3, -0.25) is 0 Å². The molecule has 1 atom stereocenters. The van der Waals surface area contributed by atoms with Crippen LogP contribution in [-0.4, -0.2) is 5.11 Å². The molecule has 1 nitrogen and oxygen atoms in total. The van der Waals surface area contributed by atoms with Gasteiger partial charge in [-0.25, -0.2) is 0 Å². The highest BCUT2D eigenvalue weighted by Crippen LogP contribution is 2.34. The number of aliphatic hydroxyl groups is 1. The molecule has 0 aliphatic carbocycles. The second-order valence-electron chi connectivity index (χ2n) is 3.61. The molecule has 0 amide bonds. The van der Waals surface area contributed by atoms with Gasteiger partial charge in [0.05, 0.1) is 5.60 Å². The van der Waals surface area contributed by atoms with E-state index in [4.69, 9.17) is 11.6 Å². The molecule has 1 aromatic carbocycles. The summed E-state index contributed by atoms with van der Waals surface area (Å²) in [6, 6.07) is 7.53. The highest BCUT2D eigenvalue weighted by molar-refractivity contribution is 6.31. The zero-order valence-electron chi connectivity index (χ0n) is 8.76. The van der Waals surface area contributed by atoms with Gasteiger partial charge in [-0.2, -0.15) is 0 Å². The van der Waals surface area contributed by atoms with Gasteiger partial charge in [0.15, 0.2) is 0 Å². The van der Waals surface area contributed by atoms with Gasteiger partial charge in [0, 0.05) is 10.6 Å². The standard InChI is InChI=1S/C12H17ClO/c1-3-9-12(14,4-2)10-7-5-6-8-11(10)13/h5-8,14H,3-4,9H2,1-2H3. The van der Waals surface area contributed by atoms with Crippen LogP contribution in [0.15, 0.2) is 24.3 Å². The Balaban J connectivity index is 3.05. The van der Waals surface area contributed by atoms with Crippen molar-refractivity contribution < 1.29 is 5.11 Å². The van der Waals surface area contributed by atoms with E-state index < -0.39 is 5.60 Å².